The van der Waals surface area contributed by atoms with Gasteiger partial charge >= 0.3 is 0 Å². The van der Waals surface area contributed by atoms with E-state index in [-0.39, 0.29) is 11.9 Å². The van der Waals surface area contributed by atoms with Gasteiger partial charge in [-0.1, -0.05) is 39.0 Å². The number of carbonyl (C=O) groups excluding carboxylic acids is 1. The zero-order chi connectivity index (χ0) is 13.9. The summed E-state index contributed by atoms with van der Waals surface area (Å²) in [5.74, 6) is 1.33. The minimum atomic E-state index is -0.611. The summed E-state index contributed by atoms with van der Waals surface area (Å²) in [6.07, 6.45) is 10.5. The predicted octanol–water partition coefficient (Wildman–Crippen LogP) is 2.98. The van der Waals surface area contributed by atoms with E-state index >= 15 is 0 Å². The Balaban J connectivity index is 1.88. The summed E-state index contributed by atoms with van der Waals surface area (Å²) < 4.78 is 0. The van der Waals surface area contributed by atoms with E-state index in [1.807, 2.05) is 0 Å². The van der Waals surface area contributed by atoms with E-state index in [2.05, 4.69) is 19.2 Å². The molecule has 0 bridgehead atoms. The van der Waals surface area contributed by atoms with Crippen LogP contribution in [0.2, 0.25) is 0 Å². The van der Waals surface area contributed by atoms with Gasteiger partial charge in [-0.15, -0.1) is 0 Å². The van der Waals surface area contributed by atoms with Gasteiger partial charge in [-0.2, -0.15) is 0 Å². The monoisotopic (exact) mass is 266 g/mol. The first-order valence-corrected chi connectivity index (χ1v) is 8.11. The van der Waals surface area contributed by atoms with Crippen molar-refractivity contribution in [3.63, 3.8) is 0 Å². The third-order valence-electron chi connectivity index (χ3n) is 5.20. The van der Waals surface area contributed by atoms with Crippen molar-refractivity contribution in [1.82, 2.24) is 5.32 Å². The van der Waals surface area contributed by atoms with Gasteiger partial charge < -0.3 is 11.1 Å². The molecule has 110 valence electrons. The van der Waals surface area contributed by atoms with Crippen molar-refractivity contribution >= 4 is 5.91 Å². The van der Waals surface area contributed by atoms with Crippen LogP contribution in [0.5, 0.6) is 0 Å². The minimum Gasteiger partial charge on any atom is -0.352 e. The summed E-state index contributed by atoms with van der Waals surface area (Å²) in [5, 5.41) is 3.22. The summed E-state index contributed by atoms with van der Waals surface area (Å²) in [5.41, 5.74) is 5.75. The molecular weight excluding hydrogens is 236 g/mol. The number of hydrogen-bond acceptors (Lipinski definition) is 2. The van der Waals surface area contributed by atoms with Crippen LogP contribution >= 0.6 is 0 Å². The Morgan fingerprint density at radius 1 is 1.21 bits per heavy atom. The molecule has 0 aromatic heterocycles. The van der Waals surface area contributed by atoms with Crippen LogP contribution in [0, 0.1) is 11.8 Å². The van der Waals surface area contributed by atoms with Crippen molar-refractivity contribution in [1.29, 1.82) is 0 Å². The lowest BCUT2D eigenvalue weighted by Crippen LogP contribution is -2.58. The van der Waals surface area contributed by atoms with Gasteiger partial charge in [0.05, 0.1) is 5.54 Å². The highest BCUT2D eigenvalue weighted by molar-refractivity contribution is 5.86. The normalized spacial score (nSPS) is 34.8. The van der Waals surface area contributed by atoms with Crippen LogP contribution in [0.3, 0.4) is 0 Å². The average Bonchev–Trinajstić information content (AvgIpc) is 2.39. The topological polar surface area (TPSA) is 55.1 Å². The van der Waals surface area contributed by atoms with E-state index in [9.17, 15) is 4.79 Å². The van der Waals surface area contributed by atoms with Gasteiger partial charge in [-0.05, 0) is 44.4 Å². The summed E-state index contributed by atoms with van der Waals surface area (Å²) in [6, 6.07) is 0.283. The van der Waals surface area contributed by atoms with Crippen LogP contribution in [0.4, 0.5) is 0 Å². The van der Waals surface area contributed by atoms with Gasteiger partial charge in [-0.3, -0.25) is 4.79 Å². The molecule has 2 aliphatic carbocycles. The van der Waals surface area contributed by atoms with Gasteiger partial charge in [0.15, 0.2) is 0 Å². The SMILES string of the molecule is CC1CCCC(N)(C(=O)N[C@H](C)C2CCCCC2)C1. The lowest BCUT2D eigenvalue weighted by Gasteiger charge is -2.37. The summed E-state index contributed by atoms with van der Waals surface area (Å²) in [7, 11) is 0. The molecule has 1 amide bonds. The van der Waals surface area contributed by atoms with Gasteiger partial charge in [-0.25, -0.2) is 0 Å². The summed E-state index contributed by atoms with van der Waals surface area (Å²) in [6.45, 7) is 4.36. The maximum atomic E-state index is 12.5. The number of hydrogen-bond donors (Lipinski definition) is 2. The molecule has 2 unspecified atom stereocenters. The highest BCUT2D eigenvalue weighted by Gasteiger charge is 2.38. The molecule has 2 aliphatic rings. The molecule has 2 rings (SSSR count). The van der Waals surface area contributed by atoms with Crippen molar-refractivity contribution in [3.8, 4) is 0 Å². The average molecular weight is 266 g/mol. The molecule has 0 aromatic rings. The summed E-state index contributed by atoms with van der Waals surface area (Å²) >= 11 is 0. The fourth-order valence-corrected chi connectivity index (χ4v) is 3.90. The van der Waals surface area contributed by atoms with Crippen LogP contribution in [0.1, 0.15) is 71.6 Å². The van der Waals surface area contributed by atoms with Gasteiger partial charge in [0.25, 0.3) is 0 Å². The molecule has 0 aliphatic heterocycles. The second-order valence-electron chi connectivity index (χ2n) is 7.02. The third-order valence-corrected chi connectivity index (χ3v) is 5.20. The first-order valence-electron chi connectivity index (χ1n) is 8.11. The molecule has 0 saturated heterocycles. The molecule has 3 atom stereocenters. The first-order chi connectivity index (χ1) is 9.01. The Morgan fingerprint density at radius 3 is 2.53 bits per heavy atom. The van der Waals surface area contributed by atoms with E-state index in [0.29, 0.717) is 11.8 Å². The first kappa shape index (κ1) is 14.8. The number of nitrogens with two attached hydrogens (primary N) is 1. The number of nitrogens with one attached hydrogen (secondary N) is 1. The Labute approximate surface area is 117 Å². The smallest absolute Gasteiger partial charge is 0.240 e. The van der Waals surface area contributed by atoms with E-state index < -0.39 is 5.54 Å². The number of rotatable bonds is 3. The van der Waals surface area contributed by atoms with E-state index in [1.165, 1.54) is 38.5 Å². The van der Waals surface area contributed by atoms with E-state index in [4.69, 9.17) is 5.73 Å². The predicted molar refractivity (Wildman–Crippen MR) is 78.7 cm³/mol. The Bertz CT molecular complexity index is 312. The van der Waals surface area contributed by atoms with Crippen LogP contribution in [0.15, 0.2) is 0 Å². The van der Waals surface area contributed by atoms with Gasteiger partial charge in [0, 0.05) is 6.04 Å². The van der Waals surface area contributed by atoms with Crippen molar-refractivity contribution in [2.75, 3.05) is 0 Å². The number of amides is 1. The van der Waals surface area contributed by atoms with Crippen molar-refractivity contribution < 1.29 is 4.79 Å². The maximum Gasteiger partial charge on any atom is 0.240 e. The van der Waals surface area contributed by atoms with Crippen LogP contribution in [0.25, 0.3) is 0 Å². The Morgan fingerprint density at radius 2 is 1.89 bits per heavy atom. The van der Waals surface area contributed by atoms with Gasteiger partial charge in [0.1, 0.15) is 0 Å². The lowest BCUT2D eigenvalue weighted by molar-refractivity contribution is -0.129. The van der Waals surface area contributed by atoms with Crippen LogP contribution < -0.4 is 11.1 Å². The standard InChI is InChI=1S/C16H30N2O/c1-12-7-6-10-16(17,11-12)15(19)18-13(2)14-8-4-3-5-9-14/h12-14H,3-11,17H2,1-2H3,(H,18,19)/t12?,13-,16?/m1/s1. The molecule has 3 nitrogen and oxygen atoms in total. The molecule has 0 aromatic carbocycles. The van der Waals surface area contributed by atoms with Crippen molar-refractivity contribution in [2.45, 2.75) is 83.2 Å². The molecule has 0 radical (unpaired) electrons. The molecule has 3 heteroatoms. The van der Waals surface area contributed by atoms with Crippen LogP contribution in [-0.2, 0) is 4.79 Å². The quantitative estimate of drug-likeness (QED) is 0.825. The molecule has 0 heterocycles. The van der Waals surface area contributed by atoms with Crippen molar-refractivity contribution in [3.05, 3.63) is 0 Å². The molecule has 0 spiro atoms. The zero-order valence-electron chi connectivity index (χ0n) is 12.6. The van der Waals surface area contributed by atoms with Crippen molar-refractivity contribution in [2.24, 2.45) is 17.6 Å². The molecule has 19 heavy (non-hydrogen) atoms. The third kappa shape index (κ3) is 3.71. The molecular formula is C16H30N2O. The highest BCUT2D eigenvalue weighted by atomic mass is 16.2. The van der Waals surface area contributed by atoms with E-state index in [1.54, 1.807) is 0 Å². The van der Waals surface area contributed by atoms with E-state index in [0.717, 1.165) is 19.3 Å². The zero-order valence-corrected chi connectivity index (χ0v) is 12.6. The lowest BCUT2D eigenvalue weighted by atomic mass is 9.76. The Hall–Kier alpha value is -0.570. The largest absolute Gasteiger partial charge is 0.352 e. The van der Waals surface area contributed by atoms with Crippen LogP contribution in [-0.4, -0.2) is 17.5 Å². The Kier molecular flexibility index (Phi) is 4.88. The minimum absolute atomic E-state index is 0.0946. The number of carbonyl (C=O) groups is 1. The summed E-state index contributed by atoms with van der Waals surface area (Å²) in [4.78, 5) is 12.5. The second kappa shape index (κ2) is 6.25. The molecule has 2 saturated carbocycles. The highest BCUT2D eigenvalue weighted by Crippen LogP contribution is 2.31. The fraction of sp³-hybridized carbons (Fsp3) is 0.938. The van der Waals surface area contributed by atoms with Gasteiger partial charge in [0.2, 0.25) is 5.91 Å². The fourth-order valence-electron chi connectivity index (χ4n) is 3.90. The molecule has 3 N–H and O–H groups in total. The second-order valence-corrected chi connectivity index (χ2v) is 7.02. The maximum absolute atomic E-state index is 12.5. The molecule has 2 fully saturated rings.